The summed E-state index contributed by atoms with van der Waals surface area (Å²) in [5, 5.41) is 11.6. The first-order valence-corrected chi connectivity index (χ1v) is 5.51. The highest BCUT2D eigenvalue weighted by atomic mass is 35.5. The van der Waals surface area contributed by atoms with Gasteiger partial charge in [-0.2, -0.15) is 5.26 Å². The Bertz CT molecular complexity index is 617. The van der Waals surface area contributed by atoms with Crippen molar-refractivity contribution in [1.82, 2.24) is 4.98 Å². The van der Waals surface area contributed by atoms with Crippen LogP contribution in [0.5, 0.6) is 0 Å². The van der Waals surface area contributed by atoms with Gasteiger partial charge in [0.2, 0.25) is 0 Å². The van der Waals surface area contributed by atoms with Crippen LogP contribution in [0.2, 0.25) is 5.15 Å². The molecule has 1 heterocycles. The molecule has 88 valence electrons. The second-order valence-electron chi connectivity index (χ2n) is 3.49. The Morgan fingerprint density at radius 3 is 2.56 bits per heavy atom. The third-order valence-electron chi connectivity index (χ3n) is 2.22. The van der Waals surface area contributed by atoms with Crippen LogP contribution in [0.3, 0.4) is 0 Å². The molecule has 1 N–H and O–H groups in total. The van der Waals surface area contributed by atoms with E-state index in [4.69, 9.17) is 16.9 Å². The number of halogens is 1. The number of amides is 1. The van der Waals surface area contributed by atoms with E-state index in [-0.39, 0.29) is 16.8 Å². The molecule has 2 rings (SSSR count). The fourth-order valence-corrected chi connectivity index (χ4v) is 1.52. The van der Waals surface area contributed by atoms with E-state index in [1.165, 1.54) is 0 Å². The number of hydrogen-bond donors (Lipinski definition) is 1. The van der Waals surface area contributed by atoms with Gasteiger partial charge in [0.15, 0.2) is 0 Å². The molecule has 0 aliphatic heterocycles. The first-order chi connectivity index (χ1) is 8.69. The molecule has 0 saturated carbocycles. The highest BCUT2D eigenvalue weighted by molar-refractivity contribution is 6.29. The minimum absolute atomic E-state index is 0.242. The van der Waals surface area contributed by atoms with E-state index in [1.807, 2.05) is 6.07 Å². The predicted molar refractivity (Wildman–Crippen MR) is 68.4 cm³/mol. The van der Waals surface area contributed by atoms with E-state index in [0.717, 1.165) is 0 Å². The van der Waals surface area contributed by atoms with Crippen molar-refractivity contribution in [3.63, 3.8) is 0 Å². The monoisotopic (exact) mass is 257 g/mol. The Morgan fingerprint density at radius 2 is 1.94 bits per heavy atom. The summed E-state index contributed by atoms with van der Waals surface area (Å²) in [6.07, 6.45) is 0. The third kappa shape index (κ3) is 2.84. The van der Waals surface area contributed by atoms with Gasteiger partial charge in [-0.05, 0) is 36.4 Å². The summed E-state index contributed by atoms with van der Waals surface area (Å²) in [7, 11) is 0. The SMILES string of the molecule is N#Cc1ccc(NC(=O)c2cccc(Cl)n2)cc1. The summed E-state index contributed by atoms with van der Waals surface area (Å²) in [4.78, 5) is 15.7. The van der Waals surface area contributed by atoms with Gasteiger partial charge in [-0.1, -0.05) is 17.7 Å². The van der Waals surface area contributed by atoms with Crippen LogP contribution in [0.15, 0.2) is 42.5 Å². The van der Waals surface area contributed by atoms with Crippen molar-refractivity contribution in [2.45, 2.75) is 0 Å². The molecule has 0 radical (unpaired) electrons. The molecule has 0 spiro atoms. The quantitative estimate of drug-likeness (QED) is 0.842. The van der Waals surface area contributed by atoms with E-state index in [2.05, 4.69) is 10.3 Å². The Morgan fingerprint density at radius 1 is 1.22 bits per heavy atom. The first kappa shape index (κ1) is 12.1. The number of nitrogens with one attached hydrogen (secondary N) is 1. The van der Waals surface area contributed by atoms with Crippen LogP contribution in [-0.4, -0.2) is 10.9 Å². The molecule has 5 heteroatoms. The molecule has 2 aromatic rings. The van der Waals surface area contributed by atoms with Crippen molar-refractivity contribution < 1.29 is 4.79 Å². The number of rotatable bonds is 2. The fraction of sp³-hybridized carbons (Fsp3) is 0. The zero-order valence-electron chi connectivity index (χ0n) is 9.22. The third-order valence-corrected chi connectivity index (χ3v) is 2.43. The number of carbonyl (C=O) groups excluding carboxylic acids is 1. The lowest BCUT2D eigenvalue weighted by Gasteiger charge is -2.04. The van der Waals surface area contributed by atoms with Gasteiger partial charge in [0.05, 0.1) is 11.6 Å². The van der Waals surface area contributed by atoms with Gasteiger partial charge in [-0.3, -0.25) is 4.79 Å². The van der Waals surface area contributed by atoms with Crippen LogP contribution < -0.4 is 5.32 Å². The average Bonchev–Trinajstić information content (AvgIpc) is 2.39. The number of aromatic nitrogens is 1. The van der Waals surface area contributed by atoms with Gasteiger partial charge in [0.25, 0.3) is 5.91 Å². The summed E-state index contributed by atoms with van der Waals surface area (Å²) >= 11 is 5.70. The van der Waals surface area contributed by atoms with Crippen LogP contribution in [0.4, 0.5) is 5.69 Å². The van der Waals surface area contributed by atoms with Crippen LogP contribution in [0.1, 0.15) is 16.1 Å². The molecular formula is C13H8ClN3O. The molecule has 0 fully saturated rings. The Kier molecular flexibility index (Phi) is 3.56. The first-order valence-electron chi connectivity index (χ1n) is 5.13. The Balaban J connectivity index is 2.14. The van der Waals surface area contributed by atoms with Crippen molar-refractivity contribution >= 4 is 23.2 Å². The largest absolute Gasteiger partial charge is 0.321 e. The van der Waals surface area contributed by atoms with Crippen LogP contribution in [0.25, 0.3) is 0 Å². The van der Waals surface area contributed by atoms with Gasteiger partial charge >= 0.3 is 0 Å². The normalized spacial score (nSPS) is 9.56. The molecule has 0 atom stereocenters. The van der Waals surface area contributed by atoms with Crippen molar-refractivity contribution in [3.05, 3.63) is 58.9 Å². The van der Waals surface area contributed by atoms with E-state index in [0.29, 0.717) is 11.3 Å². The zero-order chi connectivity index (χ0) is 13.0. The van der Waals surface area contributed by atoms with Gasteiger partial charge in [0.1, 0.15) is 10.8 Å². The number of benzene rings is 1. The number of anilines is 1. The van der Waals surface area contributed by atoms with Crippen LogP contribution >= 0.6 is 11.6 Å². The second-order valence-corrected chi connectivity index (χ2v) is 3.88. The minimum Gasteiger partial charge on any atom is -0.321 e. The molecule has 0 saturated heterocycles. The fourth-order valence-electron chi connectivity index (χ4n) is 1.36. The molecule has 4 nitrogen and oxygen atoms in total. The lowest BCUT2D eigenvalue weighted by molar-refractivity contribution is 0.102. The number of nitriles is 1. The second kappa shape index (κ2) is 5.30. The maximum atomic E-state index is 11.8. The van der Waals surface area contributed by atoms with Gasteiger partial charge in [-0.15, -0.1) is 0 Å². The van der Waals surface area contributed by atoms with Gasteiger partial charge in [0, 0.05) is 5.69 Å². The maximum Gasteiger partial charge on any atom is 0.274 e. The summed E-state index contributed by atoms with van der Waals surface area (Å²) in [5.41, 5.74) is 1.38. The molecule has 1 amide bonds. The highest BCUT2D eigenvalue weighted by Crippen LogP contribution is 2.11. The standard InChI is InChI=1S/C13H8ClN3O/c14-12-3-1-2-11(17-12)13(18)16-10-6-4-9(8-15)5-7-10/h1-7H,(H,16,18). The lowest BCUT2D eigenvalue weighted by atomic mass is 10.2. The van der Waals surface area contributed by atoms with Crippen molar-refractivity contribution in [2.24, 2.45) is 0 Å². The van der Waals surface area contributed by atoms with Gasteiger partial charge < -0.3 is 5.32 Å². The van der Waals surface area contributed by atoms with Crippen molar-refractivity contribution in [1.29, 1.82) is 5.26 Å². The Hall–Kier alpha value is -2.38. The molecule has 0 aliphatic carbocycles. The predicted octanol–water partition coefficient (Wildman–Crippen LogP) is 2.86. The smallest absolute Gasteiger partial charge is 0.274 e. The molecule has 18 heavy (non-hydrogen) atoms. The zero-order valence-corrected chi connectivity index (χ0v) is 9.98. The number of carbonyl (C=O) groups is 1. The molecular weight excluding hydrogens is 250 g/mol. The number of hydrogen-bond acceptors (Lipinski definition) is 3. The average molecular weight is 258 g/mol. The topological polar surface area (TPSA) is 65.8 Å². The van der Waals surface area contributed by atoms with E-state index in [9.17, 15) is 4.79 Å². The summed E-state index contributed by atoms with van der Waals surface area (Å²) in [5.74, 6) is -0.345. The highest BCUT2D eigenvalue weighted by Gasteiger charge is 2.07. The van der Waals surface area contributed by atoms with E-state index < -0.39 is 0 Å². The minimum atomic E-state index is -0.345. The summed E-state index contributed by atoms with van der Waals surface area (Å²) in [6, 6.07) is 13.4. The maximum absolute atomic E-state index is 11.8. The molecule has 0 aliphatic rings. The summed E-state index contributed by atoms with van der Waals surface area (Å²) in [6.45, 7) is 0. The lowest BCUT2D eigenvalue weighted by Crippen LogP contribution is -2.13. The molecule has 0 bridgehead atoms. The van der Waals surface area contributed by atoms with Gasteiger partial charge in [-0.25, -0.2) is 4.98 Å². The van der Waals surface area contributed by atoms with Crippen molar-refractivity contribution in [3.8, 4) is 6.07 Å². The van der Waals surface area contributed by atoms with Crippen molar-refractivity contribution in [2.75, 3.05) is 5.32 Å². The number of nitrogens with zero attached hydrogens (tertiary/aromatic N) is 2. The van der Waals surface area contributed by atoms with Crippen LogP contribution in [-0.2, 0) is 0 Å². The molecule has 1 aromatic carbocycles. The molecule has 1 aromatic heterocycles. The van der Waals surface area contributed by atoms with Crippen LogP contribution in [0, 0.1) is 11.3 Å². The Labute approximate surface area is 109 Å². The summed E-state index contributed by atoms with van der Waals surface area (Å²) < 4.78 is 0. The van der Waals surface area contributed by atoms with E-state index in [1.54, 1.807) is 42.5 Å². The molecule has 0 unspecified atom stereocenters. The number of pyridine rings is 1. The van der Waals surface area contributed by atoms with E-state index >= 15 is 0 Å².